The van der Waals surface area contributed by atoms with Gasteiger partial charge in [-0.25, -0.2) is 4.57 Å². The van der Waals surface area contributed by atoms with Crippen LogP contribution in [-0.4, -0.2) is 49.3 Å². The van der Waals surface area contributed by atoms with Gasteiger partial charge in [-0.2, -0.15) is 0 Å². The number of carbonyl (C=O) groups excluding carboxylic acids is 2. The third-order valence-electron chi connectivity index (χ3n) is 8.15. The molecule has 0 aliphatic carbocycles. The van der Waals surface area contributed by atoms with E-state index in [0.29, 0.717) is 6.42 Å². The smallest absolute Gasteiger partial charge is 0.462 e. The molecular formula is C37H72NO8P. The SMILES string of the molecule is CCCCCCCC/C=C\CCCCCCCCCCCC(=O)OC(COC(=O)CCCCCCCCC)COP(=O)(O)OCCN. The van der Waals surface area contributed by atoms with E-state index in [1.165, 1.54) is 109 Å². The summed E-state index contributed by atoms with van der Waals surface area (Å²) in [5, 5.41) is 0. The van der Waals surface area contributed by atoms with Crippen LogP contribution in [0.3, 0.4) is 0 Å². The number of nitrogens with two attached hydrogens (primary N) is 1. The van der Waals surface area contributed by atoms with Crippen LogP contribution < -0.4 is 5.73 Å². The molecule has 0 saturated carbocycles. The average molecular weight is 690 g/mol. The van der Waals surface area contributed by atoms with Gasteiger partial charge >= 0.3 is 19.8 Å². The van der Waals surface area contributed by atoms with Gasteiger partial charge in [-0.3, -0.25) is 18.6 Å². The lowest BCUT2D eigenvalue weighted by Crippen LogP contribution is -2.29. The Bertz CT molecular complexity index is 794. The molecule has 3 N–H and O–H groups in total. The number of ether oxygens (including phenoxy) is 2. The van der Waals surface area contributed by atoms with E-state index < -0.39 is 26.5 Å². The van der Waals surface area contributed by atoms with Crippen LogP contribution in [0.4, 0.5) is 0 Å². The largest absolute Gasteiger partial charge is 0.472 e. The molecule has 0 aliphatic rings. The molecule has 0 fully saturated rings. The molecule has 0 aromatic rings. The Morgan fingerprint density at radius 2 is 1.04 bits per heavy atom. The Morgan fingerprint density at radius 3 is 1.51 bits per heavy atom. The molecule has 9 nitrogen and oxygen atoms in total. The number of unbranched alkanes of at least 4 members (excludes halogenated alkanes) is 21. The Balaban J connectivity index is 4.09. The zero-order valence-electron chi connectivity index (χ0n) is 30.3. The minimum atomic E-state index is -4.36. The number of carbonyl (C=O) groups is 2. The van der Waals surface area contributed by atoms with Crippen LogP contribution in [0.25, 0.3) is 0 Å². The number of esters is 2. The van der Waals surface area contributed by atoms with Gasteiger partial charge in [-0.1, -0.05) is 142 Å². The summed E-state index contributed by atoms with van der Waals surface area (Å²) in [6.45, 7) is 3.68. The molecule has 47 heavy (non-hydrogen) atoms. The van der Waals surface area contributed by atoms with E-state index in [-0.39, 0.29) is 38.6 Å². The van der Waals surface area contributed by atoms with E-state index >= 15 is 0 Å². The van der Waals surface area contributed by atoms with Crippen LogP contribution >= 0.6 is 7.82 Å². The molecule has 0 spiro atoms. The minimum Gasteiger partial charge on any atom is -0.462 e. The second kappa shape index (κ2) is 34.6. The van der Waals surface area contributed by atoms with E-state index in [1.54, 1.807) is 0 Å². The Morgan fingerprint density at radius 1 is 0.617 bits per heavy atom. The van der Waals surface area contributed by atoms with E-state index in [0.717, 1.165) is 38.5 Å². The molecule has 0 amide bonds. The minimum absolute atomic E-state index is 0.0554. The van der Waals surface area contributed by atoms with Crippen molar-refractivity contribution in [1.29, 1.82) is 0 Å². The number of hydrogen-bond acceptors (Lipinski definition) is 8. The zero-order chi connectivity index (χ0) is 34.7. The van der Waals surface area contributed by atoms with Gasteiger partial charge in [0.1, 0.15) is 6.61 Å². The van der Waals surface area contributed by atoms with Crippen LogP contribution in [0, 0.1) is 0 Å². The molecule has 0 saturated heterocycles. The summed E-state index contributed by atoms with van der Waals surface area (Å²) in [6, 6.07) is 0. The van der Waals surface area contributed by atoms with Gasteiger partial charge in [-0.05, 0) is 38.5 Å². The monoisotopic (exact) mass is 689 g/mol. The van der Waals surface area contributed by atoms with Crippen LogP contribution in [0.15, 0.2) is 12.2 Å². The number of allylic oxidation sites excluding steroid dienone is 2. The highest BCUT2D eigenvalue weighted by Gasteiger charge is 2.25. The Hall–Kier alpha value is -1.25. The van der Waals surface area contributed by atoms with Crippen molar-refractivity contribution in [2.45, 2.75) is 187 Å². The highest BCUT2D eigenvalue weighted by atomic mass is 31.2. The van der Waals surface area contributed by atoms with Crippen LogP contribution in [0.1, 0.15) is 181 Å². The molecule has 0 bridgehead atoms. The van der Waals surface area contributed by atoms with Crippen LogP contribution in [-0.2, 0) is 32.7 Å². The molecule has 0 aromatic carbocycles. The molecular weight excluding hydrogens is 617 g/mol. The normalized spacial score (nSPS) is 13.5. The Labute approximate surface area is 288 Å². The first-order chi connectivity index (χ1) is 22.8. The summed E-state index contributed by atoms with van der Waals surface area (Å²) >= 11 is 0. The maximum atomic E-state index is 12.5. The number of phosphoric acid groups is 1. The van der Waals surface area contributed by atoms with Gasteiger partial charge in [0.05, 0.1) is 13.2 Å². The highest BCUT2D eigenvalue weighted by molar-refractivity contribution is 7.47. The fourth-order valence-corrected chi connectivity index (χ4v) is 6.04. The van der Waals surface area contributed by atoms with Gasteiger partial charge in [0, 0.05) is 19.4 Å². The van der Waals surface area contributed by atoms with E-state index in [2.05, 4.69) is 26.0 Å². The lowest BCUT2D eigenvalue weighted by Gasteiger charge is -2.19. The van der Waals surface area contributed by atoms with Crippen LogP contribution in [0.2, 0.25) is 0 Å². The number of rotatable bonds is 36. The van der Waals surface area contributed by atoms with Gasteiger partial charge < -0.3 is 20.1 Å². The Kier molecular flexibility index (Phi) is 33.7. The summed E-state index contributed by atoms with van der Waals surface area (Å²) in [5.74, 6) is -0.833. The topological polar surface area (TPSA) is 134 Å². The standard InChI is InChI=1S/C37H72NO8P/c1-3-5-7-9-11-12-13-14-15-16-17-18-19-20-21-22-24-26-28-30-37(40)46-35(34-45-47(41,42)44-32-31-38)33-43-36(39)29-27-25-23-10-8-6-4-2/h14-15,35H,3-13,16-34,38H2,1-2H3,(H,41,42)/b15-14-. The van der Waals surface area contributed by atoms with Gasteiger partial charge in [0.25, 0.3) is 0 Å². The maximum Gasteiger partial charge on any atom is 0.472 e. The van der Waals surface area contributed by atoms with Gasteiger partial charge in [0.2, 0.25) is 0 Å². The zero-order valence-corrected chi connectivity index (χ0v) is 31.2. The average Bonchev–Trinajstić information content (AvgIpc) is 3.05. The van der Waals surface area contributed by atoms with E-state index in [9.17, 15) is 19.0 Å². The fourth-order valence-electron chi connectivity index (χ4n) is 5.28. The van der Waals surface area contributed by atoms with Crippen molar-refractivity contribution in [2.24, 2.45) is 5.73 Å². The highest BCUT2D eigenvalue weighted by Crippen LogP contribution is 2.43. The first kappa shape index (κ1) is 45.8. The predicted octanol–water partition coefficient (Wildman–Crippen LogP) is 10.3. The first-order valence-electron chi connectivity index (χ1n) is 19.2. The van der Waals surface area contributed by atoms with Crippen molar-refractivity contribution in [1.82, 2.24) is 0 Å². The summed E-state index contributed by atoms with van der Waals surface area (Å²) in [6.07, 6.45) is 32.6. The van der Waals surface area contributed by atoms with Gasteiger partial charge in [-0.15, -0.1) is 0 Å². The molecule has 10 heteroatoms. The molecule has 0 radical (unpaired) electrons. The quantitative estimate of drug-likeness (QED) is 0.0285. The van der Waals surface area contributed by atoms with Crippen LogP contribution in [0.5, 0.6) is 0 Å². The van der Waals surface area contributed by atoms with Crippen molar-refractivity contribution in [3.8, 4) is 0 Å². The molecule has 2 atom stereocenters. The number of phosphoric ester groups is 1. The molecule has 0 aromatic heterocycles. The molecule has 0 heterocycles. The van der Waals surface area contributed by atoms with Crippen molar-refractivity contribution < 1.29 is 37.6 Å². The van der Waals surface area contributed by atoms with Crippen molar-refractivity contribution in [2.75, 3.05) is 26.4 Å². The maximum absolute atomic E-state index is 12.5. The summed E-state index contributed by atoms with van der Waals surface area (Å²) < 4.78 is 32.5. The number of hydrogen-bond donors (Lipinski definition) is 2. The summed E-state index contributed by atoms with van der Waals surface area (Å²) in [4.78, 5) is 34.5. The second-order valence-corrected chi connectivity index (χ2v) is 14.3. The molecule has 0 rings (SSSR count). The molecule has 2 unspecified atom stereocenters. The molecule has 278 valence electrons. The lowest BCUT2D eigenvalue weighted by atomic mass is 10.1. The lowest BCUT2D eigenvalue weighted by molar-refractivity contribution is -0.161. The second-order valence-electron chi connectivity index (χ2n) is 12.8. The van der Waals surface area contributed by atoms with E-state index in [1.807, 2.05) is 0 Å². The van der Waals surface area contributed by atoms with Gasteiger partial charge in [0.15, 0.2) is 6.10 Å². The first-order valence-corrected chi connectivity index (χ1v) is 20.7. The van der Waals surface area contributed by atoms with Crippen molar-refractivity contribution in [3.63, 3.8) is 0 Å². The third-order valence-corrected chi connectivity index (χ3v) is 9.14. The summed E-state index contributed by atoms with van der Waals surface area (Å²) in [7, 11) is -4.36. The molecule has 0 aliphatic heterocycles. The van der Waals surface area contributed by atoms with E-state index in [4.69, 9.17) is 24.3 Å². The predicted molar refractivity (Wildman–Crippen MR) is 192 cm³/mol. The van der Waals surface area contributed by atoms with Crippen molar-refractivity contribution in [3.05, 3.63) is 12.2 Å². The third kappa shape index (κ3) is 34.4. The summed E-state index contributed by atoms with van der Waals surface area (Å²) in [5.41, 5.74) is 5.32. The van der Waals surface area contributed by atoms with Crippen molar-refractivity contribution >= 4 is 19.8 Å². The fraction of sp³-hybridized carbons (Fsp3) is 0.892.